The molecule has 0 saturated carbocycles. The third-order valence-corrected chi connectivity index (χ3v) is 15.1. The van der Waals surface area contributed by atoms with Gasteiger partial charge in [-0.25, -0.2) is 0 Å². The molecule has 1 fully saturated rings. The Morgan fingerprint density at radius 3 is 1.33 bits per heavy atom. The van der Waals surface area contributed by atoms with Crippen LogP contribution in [-0.4, -0.2) is 194 Å². The molecule has 31 nitrogen and oxygen atoms in total. The molecule has 0 aromatic carbocycles. The number of nitrogens with one attached hydrogen (secondary N) is 10. The Morgan fingerprint density at radius 2 is 0.833 bits per heavy atom. The highest BCUT2D eigenvalue weighted by Gasteiger charge is 2.38. The summed E-state index contributed by atoms with van der Waals surface area (Å²) in [7, 11) is 0. The molecule has 13 amide bonds. The third-order valence-electron chi connectivity index (χ3n) is 15.1. The normalized spacial score (nSPS) is 23.8. The van der Waals surface area contributed by atoms with Gasteiger partial charge in [-0.2, -0.15) is 0 Å². The Hall–Kier alpha value is -7.09. The van der Waals surface area contributed by atoms with Crippen LogP contribution >= 0.6 is 0 Å². The summed E-state index contributed by atoms with van der Waals surface area (Å²) < 4.78 is 0. The summed E-state index contributed by atoms with van der Waals surface area (Å²) in [5.41, 5.74) is 16.1. The largest absolute Gasteiger partial charge is 0.393 e. The molecule has 1 heterocycles. The zero-order chi connectivity index (χ0) is 67.9. The topological polar surface area (TPSA) is 521 Å². The van der Waals surface area contributed by atoms with E-state index in [-0.39, 0.29) is 25.8 Å². The summed E-state index contributed by atoms with van der Waals surface area (Å²) in [6, 6.07) is -14.4. The first-order valence-electron chi connectivity index (χ1n) is 31.7. The summed E-state index contributed by atoms with van der Waals surface area (Å²) in [4.78, 5) is 174. The number of amides is 13. The van der Waals surface area contributed by atoms with Crippen LogP contribution in [0.1, 0.15) is 202 Å². The number of rotatable bonds is 33. The van der Waals surface area contributed by atoms with E-state index >= 15 is 0 Å². The molecule has 0 aliphatic carbocycles. The fourth-order valence-corrected chi connectivity index (χ4v) is 9.70. The van der Waals surface area contributed by atoms with E-state index in [9.17, 15) is 87.9 Å². The summed E-state index contributed by atoms with van der Waals surface area (Å²) in [6.07, 6.45) is 5.08. The van der Waals surface area contributed by atoms with Crippen molar-refractivity contribution in [1.29, 1.82) is 0 Å². The predicted molar refractivity (Wildman–Crippen MR) is 327 cm³/mol. The first-order valence-corrected chi connectivity index (χ1v) is 31.7. The average molecular weight is 1280 g/mol. The Morgan fingerprint density at radius 1 is 0.433 bits per heavy atom. The first-order chi connectivity index (χ1) is 42.5. The van der Waals surface area contributed by atoms with E-state index in [1.165, 1.54) is 0 Å². The van der Waals surface area contributed by atoms with Crippen molar-refractivity contribution in [3.8, 4) is 0 Å². The molecular formula is C59H105N13O18. The molecule has 1 aliphatic rings. The molecule has 0 aromatic heterocycles. The lowest BCUT2D eigenvalue weighted by Gasteiger charge is -2.29. The number of nitrogens with two attached hydrogens (primary N) is 3. The molecular weight excluding hydrogens is 1180 g/mol. The molecule has 514 valence electrons. The standard InChI is InChI=1S/C59H105N13O18/c1-6-8-10-12-13-15-20-24-38(76)26-27-40-53(84)64-33-48(81)63-29-28-47(80)66-39(25-21-17-14-16-19-23-37(75)22-18-11-9-7-2)54(85)69-43(32-46(61)79)56(87)70-42(31-45(60)78)55(86)65-34(3)52(83)68-41(30-44(77)51(62)82)57(88)71-50(36(5)74)59(90)72-49(35(4)73)58(89)67-40/h34-44,49-50,73-77H,6-33H2,1-5H3,(H2,60,78)(H2,61,79)(H2,62,82)(H,63,81)(H,64,84)(H,65,86)(H,66,80)(H,67,89)(H,68,83)(H,69,85)(H,70,87)(H,71,88)(H,72,90)/t34-,35-,36-,37?,38?,39?,40?,41?,42+,43?,44?,49+,50-/m1/s1. The van der Waals surface area contributed by atoms with Gasteiger partial charge >= 0.3 is 0 Å². The Balaban J connectivity index is 3.78. The third kappa shape index (κ3) is 34.8. The van der Waals surface area contributed by atoms with Crippen molar-refractivity contribution in [2.45, 2.75) is 280 Å². The lowest BCUT2D eigenvalue weighted by Crippen LogP contribution is -2.63. The van der Waals surface area contributed by atoms with Gasteiger partial charge in [-0.3, -0.25) is 62.3 Å². The van der Waals surface area contributed by atoms with E-state index in [0.717, 1.165) is 97.8 Å². The lowest BCUT2D eigenvalue weighted by atomic mass is 10.0. The van der Waals surface area contributed by atoms with Gasteiger partial charge in [0.25, 0.3) is 0 Å². The summed E-state index contributed by atoms with van der Waals surface area (Å²) in [5.74, 6) is -14.9. The van der Waals surface area contributed by atoms with E-state index < -0.39 is 188 Å². The van der Waals surface area contributed by atoms with Gasteiger partial charge in [-0.1, -0.05) is 117 Å². The van der Waals surface area contributed by atoms with Crippen molar-refractivity contribution in [1.82, 2.24) is 53.2 Å². The average Bonchev–Trinajstić information content (AvgIpc) is 2.80. The quantitative estimate of drug-likeness (QED) is 0.0285. The van der Waals surface area contributed by atoms with E-state index in [2.05, 4.69) is 67.0 Å². The van der Waals surface area contributed by atoms with Gasteiger partial charge in [-0.15, -0.1) is 0 Å². The molecule has 0 spiro atoms. The molecule has 1 saturated heterocycles. The Labute approximate surface area is 526 Å². The minimum atomic E-state index is -2.15. The highest BCUT2D eigenvalue weighted by Crippen LogP contribution is 2.17. The van der Waals surface area contributed by atoms with Gasteiger partial charge < -0.3 is 95.9 Å². The van der Waals surface area contributed by atoms with Crippen LogP contribution in [-0.2, 0) is 62.3 Å². The maximum atomic E-state index is 14.1. The van der Waals surface area contributed by atoms with Crippen LogP contribution in [0.3, 0.4) is 0 Å². The van der Waals surface area contributed by atoms with Gasteiger partial charge in [-0.05, 0) is 59.3 Å². The predicted octanol–water partition coefficient (Wildman–Crippen LogP) is -3.39. The zero-order valence-electron chi connectivity index (χ0n) is 53.1. The number of primary amides is 3. The van der Waals surface area contributed by atoms with Crippen molar-refractivity contribution in [3.63, 3.8) is 0 Å². The van der Waals surface area contributed by atoms with Crippen molar-refractivity contribution in [3.05, 3.63) is 0 Å². The van der Waals surface area contributed by atoms with Gasteiger partial charge in [0.05, 0.1) is 43.8 Å². The Kier molecular flexibility index (Phi) is 40.6. The maximum absolute atomic E-state index is 14.1. The van der Waals surface area contributed by atoms with Crippen LogP contribution in [0.25, 0.3) is 0 Å². The second-order valence-corrected chi connectivity index (χ2v) is 23.4. The molecule has 21 N–H and O–H groups in total. The molecule has 1 rings (SSSR count). The Bertz CT molecular complexity index is 2310. The number of hydrogen-bond acceptors (Lipinski definition) is 18. The van der Waals surface area contributed by atoms with E-state index in [1.807, 2.05) is 0 Å². The van der Waals surface area contributed by atoms with Crippen LogP contribution in [0.5, 0.6) is 0 Å². The summed E-state index contributed by atoms with van der Waals surface area (Å²) in [5, 5.41) is 76.5. The zero-order valence-corrected chi connectivity index (χ0v) is 53.1. The van der Waals surface area contributed by atoms with Gasteiger partial charge in [0, 0.05) is 19.4 Å². The molecule has 0 aromatic rings. The van der Waals surface area contributed by atoms with E-state index in [4.69, 9.17) is 17.2 Å². The van der Waals surface area contributed by atoms with Crippen LogP contribution < -0.4 is 70.4 Å². The summed E-state index contributed by atoms with van der Waals surface area (Å²) in [6.45, 7) is 6.31. The second-order valence-electron chi connectivity index (χ2n) is 23.4. The van der Waals surface area contributed by atoms with Crippen LogP contribution in [0.4, 0.5) is 0 Å². The second kappa shape index (κ2) is 45.2. The fraction of sp³-hybridized carbons (Fsp3) is 0.780. The molecule has 0 bridgehead atoms. The highest BCUT2D eigenvalue weighted by molar-refractivity contribution is 6.00. The number of aliphatic hydroxyl groups excluding tert-OH is 5. The SMILES string of the molecule is CCCCCCCCCC(O)CCC1NC(=O)[C@H]([C@@H](C)O)NC(=O)[C@@H]([C@@H](C)O)NC(=O)C(CC(O)C(N)=O)NC(=O)[C@@H](C)NC(=O)[C@H](CC(N)=O)NC(=O)C(CC(N)=O)NC(=O)C(CCCCCCCC(O)CCCCCC)NC(=O)CCNC(=O)CNC1=O. The molecule has 7 unspecified atom stereocenters. The van der Waals surface area contributed by atoms with Crippen LogP contribution in [0.15, 0.2) is 0 Å². The number of carbonyl (C=O) groups is 13. The minimum Gasteiger partial charge on any atom is -0.393 e. The molecule has 31 heteroatoms. The lowest BCUT2D eigenvalue weighted by molar-refractivity contribution is -0.139. The molecule has 13 atom stereocenters. The van der Waals surface area contributed by atoms with Crippen molar-refractivity contribution < 1.29 is 87.9 Å². The fourth-order valence-electron chi connectivity index (χ4n) is 9.70. The molecule has 0 radical (unpaired) electrons. The van der Waals surface area contributed by atoms with E-state index in [1.54, 1.807) is 0 Å². The van der Waals surface area contributed by atoms with Crippen LogP contribution in [0.2, 0.25) is 0 Å². The molecule has 90 heavy (non-hydrogen) atoms. The number of hydrogen-bond donors (Lipinski definition) is 18. The monoisotopic (exact) mass is 1280 g/mol. The smallest absolute Gasteiger partial charge is 0.246 e. The van der Waals surface area contributed by atoms with Gasteiger partial charge in [0.15, 0.2) is 0 Å². The van der Waals surface area contributed by atoms with Crippen molar-refractivity contribution >= 4 is 76.8 Å². The van der Waals surface area contributed by atoms with E-state index in [0.29, 0.717) is 44.9 Å². The van der Waals surface area contributed by atoms with Gasteiger partial charge in [0.1, 0.15) is 54.4 Å². The summed E-state index contributed by atoms with van der Waals surface area (Å²) >= 11 is 0. The minimum absolute atomic E-state index is 0.0169. The first kappa shape index (κ1) is 80.9. The van der Waals surface area contributed by atoms with Crippen LogP contribution in [0, 0.1) is 0 Å². The maximum Gasteiger partial charge on any atom is 0.246 e. The number of unbranched alkanes of at least 4 members (excludes halogenated alkanes) is 13. The van der Waals surface area contributed by atoms with Gasteiger partial charge in [0.2, 0.25) is 76.8 Å². The molecule has 1 aliphatic heterocycles. The number of aliphatic hydroxyl groups is 5. The number of carbonyl (C=O) groups excluding carboxylic acids is 13. The van der Waals surface area contributed by atoms with Crippen molar-refractivity contribution in [2.75, 3.05) is 13.1 Å². The highest BCUT2D eigenvalue weighted by atomic mass is 16.3. The van der Waals surface area contributed by atoms with Crippen molar-refractivity contribution in [2.24, 2.45) is 17.2 Å².